The molecule has 0 fully saturated rings. The Labute approximate surface area is 150 Å². The first-order valence-corrected chi connectivity index (χ1v) is 9.32. The zero-order valence-corrected chi connectivity index (χ0v) is 15.9. The van der Waals surface area contributed by atoms with E-state index in [4.69, 9.17) is 9.88 Å². The second-order valence-electron chi connectivity index (χ2n) is 6.44. The summed E-state index contributed by atoms with van der Waals surface area (Å²) in [5, 5.41) is 5.69. The number of rotatable bonds is 4. The lowest BCUT2D eigenvalue weighted by molar-refractivity contribution is 0.404. The summed E-state index contributed by atoms with van der Waals surface area (Å²) in [6, 6.07) is 10.2. The van der Waals surface area contributed by atoms with E-state index >= 15 is 0 Å². The number of pyridine rings is 1. The zero-order chi connectivity index (χ0) is 17.3. The van der Waals surface area contributed by atoms with Crippen molar-refractivity contribution in [2.75, 3.05) is 7.11 Å². The van der Waals surface area contributed by atoms with Crippen molar-refractivity contribution in [1.29, 1.82) is 0 Å². The summed E-state index contributed by atoms with van der Waals surface area (Å²) in [5.74, 6) is 0.853. The third-order valence-electron chi connectivity index (χ3n) is 3.48. The van der Waals surface area contributed by atoms with E-state index < -0.39 is 0 Å². The molecule has 126 valence electrons. The van der Waals surface area contributed by atoms with Gasteiger partial charge in [0.1, 0.15) is 11.4 Å². The van der Waals surface area contributed by atoms with E-state index in [1.54, 1.807) is 18.9 Å². The van der Waals surface area contributed by atoms with Crippen LogP contribution in [0, 0.1) is 0 Å². The van der Waals surface area contributed by atoms with Gasteiger partial charge in [0.25, 0.3) is 0 Å². The van der Waals surface area contributed by atoms with Gasteiger partial charge in [-0.25, -0.2) is 4.98 Å². The van der Waals surface area contributed by atoms with Gasteiger partial charge in [0.2, 0.25) is 0 Å². The quantitative estimate of drug-likeness (QED) is 0.532. The molecule has 0 atom stereocenters. The van der Waals surface area contributed by atoms with Crippen LogP contribution in [0.2, 0.25) is 0 Å². The largest absolute Gasteiger partial charge is 0.495 e. The van der Waals surface area contributed by atoms with Gasteiger partial charge in [0, 0.05) is 27.5 Å². The van der Waals surface area contributed by atoms with E-state index in [0.29, 0.717) is 0 Å². The summed E-state index contributed by atoms with van der Waals surface area (Å²) in [6.07, 6.45) is 4.00. The number of fused-ring (bicyclic) bond motifs is 1. The van der Waals surface area contributed by atoms with E-state index in [0.717, 1.165) is 32.4 Å². The summed E-state index contributed by atoms with van der Waals surface area (Å²) in [7, 11) is 1.70. The highest BCUT2D eigenvalue weighted by molar-refractivity contribution is 8.00. The fraction of sp³-hybridized carbons (Fsp3) is 0.278. The summed E-state index contributed by atoms with van der Waals surface area (Å²) < 4.78 is 7.76. The topological polar surface area (TPSA) is 52.5 Å². The molecule has 24 heavy (non-hydrogen) atoms. The van der Waals surface area contributed by atoms with Crippen LogP contribution in [0.1, 0.15) is 20.8 Å². The molecular weight excluding hydrogens is 338 g/mol. The first-order valence-electron chi connectivity index (χ1n) is 7.62. The molecule has 0 aliphatic heterocycles. The Balaban J connectivity index is 2.15. The minimum absolute atomic E-state index is 0.0950. The molecule has 0 aliphatic carbocycles. The van der Waals surface area contributed by atoms with Crippen molar-refractivity contribution in [2.45, 2.75) is 35.3 Å². The number of methoxy groups -OCH3 is 1. The second-order valence-corrected chi connectivity index (χ2v) is 9.01. The van der Waals surface area contributed by atoms with Crippen molar-refractivity contribution in [3.63, 3.8) is 0 Å². The number of benzene rings is 1. The van der Waals surface area contributed by atoms with E-state index in [1.807, 2.05) is 24.4 Å². The highest BCUT2D eigenvalue weighted by Gasteiger charge is 2.18. The Bertz CT molecular complexity index is 868. The van der Waals surface area contributed by atoms with Gasteiger partial charge in [-0.05, 0) is 24.1 Å². The Morgan fingerprint density at radius 3 is 2.67 bits per heavy atom. The van der Waals surface area contributed by atoms with Crippen LogP contribution in [0.15, 0.2) is 52.5 Å². The molecule has 2 heterocycles. The Morgan fingerprint density at radius 1 is 1.21 bits per heavy atom. The molecular formula is C18H21N3OS2. The lowest BCUT2D eigenvalue weighted by Crippen LogP contribution is -2.07. The Hall–Kier alpha value is -1.63. The molecule has 2 aromatic heterocycles. The average molecular weight is 360 g/mol. The third-order valence-corrected chi connectivity index (χ3v) is 5.14. The number of aromatic nitrogens is 2. The van der Waals surface area contributed by atoms with Crippen LogP contribution in [0.3, 0.4) is 0 Å². The molecule has 0 aliphatic rings. The van der Waals surface area contributed by atoms with Crippen molar-refractivity contribution in [3.8, 4) is 17.0 Å². The van der Waals surface area contributed by atoms with Gasteiger partial charge in [-0.2, -0.15) is 0 Å². The lowest BCUT2D eigenvalue weighted by Gasteiger charge is -2.19. The van der Waals surface area contributed by atoms with Crippen LogP contribution in [-0.4, -0.2) is 21.2 Å². The molecule has 6 heteroatoms. The Morgan fingerprint density at radius 2 is 2.00 bits per heavy atom. The highest BCUT2D eigenvalue weighted by atomic mass is 32.2. The SMILES string of the molecule is COc1cc2ncc(-c3cccc(SN)c3)n2cc1SC(C)(C)C. The summed E-state index contributed by atoms with van der Waals surface area (Å²) in [4.78, 5) is 6.66. The zero-order valence-electron chi connectivity index (χ0n) is 14.2. The van der Waals surface area contributed by atoms with Crippen molar-refractivity contribution < 1.29 is 4.74 Å². The maximum atomic E-state index is 5.69. The average Bonchev–Trinajstić information content (AvgIpc) is 2.95. The van der Waals surface area contributed by atoms with Gasteiger partial charge < -0.3 is 4.74 Å². The maximum absolute atomic E-state index is 5.69. The van der Waals surface area contributed by atoms with Crippen LogP contribution in [0.25, 0.3) is 16.9 Å². The first kappa shape index (κ1) is 17.2. The fourth-order valence-electron chi connectivity index (χ4n) is 2.50. The van der Waals surface area contributed by atoms with Crippen molar-refractivity contribution in [2.24, 2.45) is 5.14 Å². The first-order chi connectivity index (χ1) is 11.4. The fourth-order valence-corrected chi connectivity index (χ4v) is 3.91. The third kappa shape index (κ3) is 3.55. The normalized spacial score (nSPS) is 11.9. The summed E-state index contributed by atoms with van der Waals surface area (Å²) in [5.41, 5.74) is 3.00. The van der Waals surface area contributed by atoms with Gasteiger partial charge in [0.05, 0.1) is 23.9 Å². The van der Waals surface area contributed by atoms with Crippen LogP contribution in [-0.2, 0) is 0 Å². The number of hydrogen-bond donors (Lipinski definition) is 1. The molecule has 1 aromatic carbocycles. The molecule has 0 unspecified atom stereocenters. The van der Waals surface area contributed by atoms with E-state index in [9.17, 15) is 0 Å². The summed E-state index contributed by atoms with van der Waals surface area (Å²) in [6.45, 7) is 6.58. The lowest BCUT2D eigenvalue weighted by atomic mass is 10.2. The van der Waals surface area contributed by atoms with Crippen molar-refractivity contribution >= 4 is 29.4 Å². The Kier molecular flexibility index (Phi) is 4.80. The van der Waals surface area contributed by atoms with Gasteiger partial charge in [-0.3, -0.25) is 9.54 Å². The monoisotopic (exact) mass is 359 g/mol. The number of imidazole rings is 1. The summed E-state index contributed by atoms with van der Waals surface area (Å²) >= 11 is 3.03. The number of ether oxygens (including phenoxy) is 1. The van der Waals surface area contributed by atoms with Gasteiger partial charge >= 0.3 is 0 Å². The molecule has 3 rings (SSSR count). The number of nitrogens with two attached hydrogens (primary N) is 1. The number of thioether (sulfide) groups is 1. The van der Waals surface area contributed by atoms with Gasteiger partial charge in [-0.1, -0.05) is 32.9 Å². The van der Waals surface area contributed by atoms with Crippen molar-refractivity contribution in [3.05, 3.63) is 42.7 Å². The highest BCUT2D eigenvalue weighted by Crippen LogP contribution is 2.39. The van der Waals surface area contributed by atoms with Gasteiger partial charge in [0.15, 0.2) is 0 Å². The molecule has 0 saturated heterocycles. The molecule has 3 aromatic rings. The van der Waals surface area contributed by atoms with E-state index in [-0.39, 0.29) is 4.75 Å². The number of nitrogens with zero attached hydrogens (tertiary/aromatic N) is 2. The predicted octanol–water partition coefficient (Wildman–Crippen LogP) is 4.87. The number of hydrogen-bond acceptors (Lipinski definition) is 5. The van der Waals surface area contributed by atoms with E-state index in [2.05, 4.69) is 48.5 Å². The smallest absolute Gasteiger partial charge is 0.140 e. The molecule has 4 nitrogen and oxygen atoms in total. The van der Waals surface area contributed by atoms with Crippen LogP contribution in [0.5, 0.6) is 5.75 Å². The molecule has 2 N–H and O–H groups in total. The van der Waals surface area contributed by atoms with Crippen LogP contribution < -0.4 is 9.88 Å². The molecule has 0 spiro atoms. The maximum Gasteiger partial charge on any atom is 0.140 e. The van der Waals surface area contributed by atoms with Crippen LogP contribution >= 0.6 is 23.7 Å². The minimum atomic E-state index is 0.0950. The van der Waals surface area contributed by atoms with E-state index in [1.165, 1.54) is 11.9 Å². The molecule has 0 radical (unpaired) electrons. The molecule has 0 amide bonds. The standard InChI is InChI=1S/C18H21N3OS2/c1-18(2,3)23-16-11-21-14(10-20-17(21)9-15(16)22-4)12-6-5-7-13(8-12)24-19/h5-11H,19H2,1-4H3. The van der Waals surface area contributed by atoms with Crippen LogP contribution in [0.4, 0.5) is 0 Å². The van der Waals surface area contributed by atoms with Gasteiger partial charge in [-0.15, -0.1) is 11.8 Å². The minimum Gasteiger partial charge on any atom is -0.495 e. The van der Waals surface area contributed by atoms with Crippen molar-refractivity contribution in [1.82, 2.24) is 9.38 Å². The second kappa shape index (κ2) is 6.70. The molecule has 0 bridgehead atoms. The predicted molar refractivity (Wildman–Crippen MR) is 103 cm³/mol. The molecule has 0 saturated carbocycles.